The van der Waals surface area contributed by atoms with Gasteiger partial charge in [0, 0.05) is 12.4 Å². The summed E-state index contributed by atoms with van der Waals surface area (Å²) in [7, 11) is 0. The molecule has 0 radical (unpaired) electrons. The zero-order valence-electron chi connectivity index (χ0n) is 7.52. The normalized spacial score (nSPS) is 9.87. The van der Waals surface area contributed by atoms with E-state index in [1.165, 1.54) is 18.6 Å². The first-order valence-corrected chi connectivity index (χ1v) is 4.10. The Hall–Kier alpha value is -2.44. The van der Waals surface area contributed by atoms with E-state index in [-0.39, 0.29) is 11.3 Å². The van der Waals surface area contributed by atoms with Crippen molar-refractivity contribution < 1.29 is 4.79 Å². The zero-order chi connectivity index (χ0) is 10.7. The van der Waals surface area contributed by atoms with E-state index in [4.69, 9.17) is 0 Å². The van der Waals surface area contributed by atoms with Crippen LogP contribution in [-0.2, 0) is 0 Å². The standard InChI is InChI=1S/C8H7N5O2/c14-7-4-9-6(3-10-7)8(15)13-5-1-11-12-2-5/h1-4H,(H,10,14)(H,11,12)(H,13,15). The highest BCUT2D eigenvalue weighted by molar-refractivity contribution is 6.02. The number of nitrogens with one attached hydrogen (secondary N) is 3. The number of carbonyl (C=O) groups excluding carboxylic acids is 1. The first kappa shape index (κ1) is 9.13. The van der Waals surface area contributed by atoms with Crippen LogP contribution in [0.3, 0.4) is 0 Å². The van der Waals surface area contributed by atoms with E-state index in [1.54, 1.807) is 0 Å². The Morgan fingerprint density at radius 1 is 1.33 bits per heavy atom. The Kier molecular flexibility index (Phi) is 2.28. The van der Waals surface area contributed by atoms with Crippen molar-refractivity contribution >= 4 is 11.6 Å². The molecule has 76 valence electrons. The minimum absolute atomic E-state index is 0.135. The molecule has 0 aliphatic rings. The monoisotopic (exact) mass is 205 g/mol. The van der Waals surface area contributed by atoms with Crippen LogP contribution in [0.15, 0.2) is 29.6 Å². The number of carbonyl (C=O) groups is 1. The van der Waals surface area contributed by atoms with Crippen molar-refractivity contribution in [2.24, 2.45) is 0 Å². The highest BCUT2D eigenvalue weighted by Gasteiger charge is 2.07. The summed E-state index contributed by atoms with van der Waals surface area (Å²) in [6.07, 6.45) is 5.29. The van der Waals surface area contributed by atoms with Crippen molar-refractivity contribution in [3.8, 4) is 0 Å². The molecule has 3 N–H and O–H groups in total. The molecule has 7 nitrogen and oxygen atoms in total. The van der Waals surface area contributed by atoms with Crippen LogP contribution in [0, 0.1) is 0 Å². The third kappa shape index (κ3) is 2.08. The number of nitrogens with zero attached hydrogens (tertiary/aromatic N) is 2. The summed E-state index contributed by atoms with van der Waals surface area (Å²) in [4.78, 5) is 28.2. The average Bonchev–Trinajstić information content (AvgIpc) is 2.71. The molecule has 0 bridgehead atoms. The van der Waals surface area contributed by atoms with Gasteiger partial charge in [0.2, 0.25) is 0 Å². The number of hydrogen-bond donors (Lipinski definition) is 3. The molecule has 0 aliphatic carbocycles. The van der Waals surface area contributed by atoms with Gasteiger partial charge in [-0.3, -0.25) is 14.7 Å². The van der Waals surface area contributed by atoms with Crippen LogP contribution >= 0.6 is 0 Å². The van der Waals surface area contributed by atoms with Gasteiger partial charge in [0.25, 0.3) is 11.5 Å². The largest absolute Gasteiger partial charge is 0.325 e. The van der Waals surface area contributed by atoms with Gasteiger partial charge in [-0.15, -0.1) is 0 Å². The molecule has 0 spiro atoms. The maximum absolute atomic E-state index is 11.5. The second-order valence-electron chi connectivity index (χ2n) is 2.74. The molecule has 2 aromatic heterocycles. The van der Waals surface area contributed by atoms with Crippen molar-refractivity contribution in [2.75, 3.05) is 5.32 Å². The minimum Gasteiger partial charge on any atom is -0.325 e. The Bertz CT molecular complexity index is 496. The average molecular weight is 205 g/mol. The molecule has 2 heterocycles. The lowest BCUT2D eigenvalue weighted by atomic mass is 10.4. The van der Waals surface area contributed by atoms with E-state index in [2.05, 4.69) is 25.5 Å². The number of hydrogen-bond acceptors (Lipinski definition) is 4. The number of amides is 1. The summed E-state index contributed by atoms with van der Waals surface area (Å²) >= 11 is 0. The number of anilines is 1. The Morgan fingerprint density at radius 3 is 2.80 bits per heavy atom. The van der Waals surface area contributed by atoms with E-state index in [0.29, 0.717) is 5.69 Å². The molecule has 15 heavy (non-hydrogen) atoms. The van der Waals surface area contributed by atoms with Crippen LogP contribution in [0.2, 0.25) is 0 Å². The van der Waals surface area contributed by atoms with Gasteiger partial charge in [-0.05, 0) is 0 Å². The molecule has 2 rings (SSSR count). The topological polar surface area (TPSA) is 104 Å². The van der Waals surface area contributed by atoms with Crippen LogP contribution in [0.5, 0.6) is 0 Å². The van der Waals surface area contributed by atoms with Crippen LogP contribution in [0.1, 0.15) is 10.5 Å². The molecule has 0 saturated heterocycles. The molecule has 0 aromatic carbocycles. The van der Waals surface area contributed by atoms with Gasteiger partial charge in [-0.2, -0.15) is 5.10 Å². The Morgan fingerprint density at radius 2 is 2.20 bits per heavy atom. The summed E-state index contributed by atoms with van der Waals surface area (Å²) in [5, 5.41) is 8.76. The molecule has 1 amide bonds. The zero-order valence-corrected chi connectivity index (χ0v) is 7.52. The van der Waals surface area contributed by atoms with Gasteiger partial charge in [0.1, 0.15) is 5.69 Å². The predicted molar refractivity (Wildman–Crippen MR) is 51.4 cm³/mol. The van der Waals surface area contributed by atoms with Crippen LogP contribution in [0.4, 0.5) is 5.69 Å². The highest BCUT2D eigenvalue weighted by atomic mass is 16.2. The summed E-state index contributed by atoms with van der Waals surface area (Å²) in [6, 6.07) is 0. The fourth-order valence-corrected chi connectivity index (χ4v) is 0.981. The molecule has 0 saturated carbocycles. The lowest BCUT2D eigenvalue weighted by molar-refractivity contribution is 0.102. The fraction of sp³-hybridized carbons (Fsp3) is 0. The van der Waals surface area contributed by atoms with E-state index in [1.807, 2.05) is 0 Å². The lowest BCUT2D eigenvalue weighted by Crippen LogP contribution is -2.16. The number of aromatic amines is 2. The SMILES string of the molecule is O=C(Nc1cn[nH]c1)c1c[nH]c(=O)cn1. The first-order valence-electron chi connectivity index (χ1n) is 4.10. The highest BCUT2D eigenvalue weighted by Crippen LogP contribution is 2.02. The molecule has 0 aliphatic heterocycles. The van der Waals surface area contributed by atoms with E-state index in [9.17, 15) is 9.59 Å². The molecule has 2 aromatic rings. The van der Waals surface area contributed by atoms with Gasteiger partial charge < -0.3 is 10.3 Å². The summed E-state index contributed by atoms with van der Waals surface area (Å²) in [5.41, 5.74) is 0.318. The maximum atomic E-state index is 11.5. The van der Waals surface area contributed by atoms with E-state index in [0.717, 1.165) is 6.20 Å². The molecule has 0 unspecified atom stereocenters. The molecule has 0 atom stereocenters. The second-order valence-corrected chi connectivity index (χ2v) is 2.74. The van der Waals surface area contributed by atoms with Gasteiger partial charge >= 0.3 is 0 Å². The Labute approximate surface area is 83.6 Å². The third-order valence-electron chi connectivity index (χ3n) is 1.66. The van der Waals surface area contributed by atoms with Gasteiger partial charge in [-0.1, -0.05) is 0 Å². The van der Waals surface area contributed by atoms with Crippen LogP contribution in [-0.4, -0.2) is 26.1 Å². The fourth-order valence-electron chi connectivity index (χ4n) is 0.981. The van der Waals surface area contributed by atoms with Crippen molar-refractivity contribution in [2.45, 2.75) is 0 Å². The Balaban J connectivity index is 2.15. The third-order valence-corrected chi connectivity index (χ3v) is 1.66. The minimum atomic E-state index is -0.410. The summed E-state index contributed by atoms with van der Waals surface area (Å²) in [6.45, 7) is 0. The number of aromatic nitrogens is 4. The number of rotatable bonds is 2. The molecule has 0 fully saturated rings. The van der Waals surface area contributed by atoms with Crippen molar-refractivity contribution in [3.05, 3.63) is 40.8 Å². The summed E-state index contributed by atoms with van der Waals surface area (Å²) < 4.78 is 0. The van der Waals surface area contributed by atoms with Gasteiger partial charge in [0.05, 0.1) is 18.1 Å². The van der Waals surface area contributed by atoms with Crippen LogP contribution in [0.25, 0.3) is 0 Å². The molecular weight excluding hydrogens is 198 g/mol. The van der Waals surface area contributed by atoms with Gasteiger partial charge in [-0.25, -0.2) is 4.98 Å². The smallest absolute Gasteiger partial charge is 0.275 e. The number of H-pyrrole nitrogens is 2. The first-order chi connectivity index (χ1) is 7.25. The molecule has 7 heteroatoms. The quantitative estimate of drug-likeness (QED) is 0.628. The van der Waals surface area contributed by atoms with E-state index >= 15 is 0 Å². The van der Waals surface area contributed by atoms with Gasteiger partial charge in [0.15, 0.2) is 0 Å². The maximum Gasteiger partial charge on any atom is 0.275 e. The molecular formula is C8H7N5O2. The lowest BCUT2D eigenvalue weighted by Gasteiger charge is -1.99. The van der Waals surface area contributed by atoms with Crippen LogP contribution < -0.4 is 10.9 Å². The predicted octanol–water partition coefficient (Wildman–Crippen LogP) is -0.255. The summed E-state index contributed by atoms with van der Waals surface area (Å²) in [5.74, 6) is -0.410. The van der Waals surface area contributed by atoms with Crippen molar-refractivity contribution in [1.29, 1.82) is 0 Å². The second kappa shape index (κ2) is 3.74. The van der Waals surface area contributed by atoms with Crippen molar-refractivity contribution in [1.82, 2.24) is 20.2 Å². The van der Waals surface area contributed by atoms with Crippen molar-refractivity contribution in [3.63, 3.8) is 0 Å². The van der Waals surface area contributed by atoms with E-state index < -0.39 is 5.91 Å².